The standard InChI is InChI=1S/C35H60O2/c1-3-5-6-8-28-17-25-34(26-18-28)37-35(36)33-23-15-30(16-24-33)10-9-29-13-21-32(22-14-29)31-19-11-27(7-4-2)12-20-31/h9-10,27-34H,3-8,11-26H2,1-2H3. The molecule has 0 heterocycles. The van der Waals surface area contributed by atoms with E-state index in [9.17, 15) is 4.79 Å². The lowest BCUT2D eigenvalue weighted by Crippen LogP contribution is -2.30. The Hall–Kier alpha value is -0.790. The minimum atomic E-state index is 0.124. The highest BCUT2D eigenvalue weighted by molar-refractivity contribution is 5.72. The molecule has 0 bridgehead atoms. The first kappa shape index (κ1) is 29.2. The van der Waals surface area contributed by atoms with E-state index < -0.39 is 0 Å². The summed E-state index contributed by atoms with van der Waals surface area (Å²) < 4.78 is 6.02. The molecule has 4 aliphatic carbocycles. The van der Waals surface area contributed by atoms with Crippen molar-refractivity contribution in [3.8, 4) is 0 Å². The summed E-state index contributed by atoms with van der Waals surface area (Å²) in [5, 5.41) is 0. The second-order valence-electron chi connectivity index (χ2n) is 13.8. The van der Waals surface area contributed by atoms with Crippen molar-refractivity contribution in [1.29, 1.82) is 0 Å². The fraction of sp³-hybridized carbons (Fsp3) is 0.914. The van der Waals surface area contributed by atoms with Gasteiger partial charge in [0, 0.05) is 0 Å². The Morgan fingerprint density at radius 3 is 1.68 bits per heavy atom. The molecular formula is C35H60O2. The zero-order valence-electron chi connectivity index (χ0n) is 24.6. The Bertz CT molecular complexity index is 651. The van der Waals surface area contributed by atoms with Gasteiger partial charge in [0.2, 0.25) is 0 Å². The average molecular weight is 513 g/mol. The number of esters is 1. The van der Waals surface area contributed by atoms with Crippen molar-refractivity contribution >= 4 is 5.97 Å². The third kappa shape index (κ3) is 9.42. The highest BCUT2D eigenvalue weighted by Crippen LogP contribution is 2.43. The molecule has 4 fully saturated rings. The van der Waals surface area contributed by atoms with Gasteiger partial charge in [-0.3, -0.25) is 4.79 Å². The molecule has 0 N–H and O–H groups in total. The van der Waals surface area contributed by atoms with Crippen molar-refractivity contribution in [3.63, 3.8) is 0 Å². The molecular weight excluding hydrogens is 452 g/mol. The maximum Gasteiger partial charge on any atom is 0.309 e. The molecule has 0 aromatic heterocycles. The average Bonchev–Trinajstić information content (AvgIpc) is 2.94. The van der Waals surface area contributed by atoms with E-state index in [1.807, 2.05) is 0 Å². The molecule has 0 amide bonds. The highest BCUT2D eigenvalue weighted by atomic mass is 16.5. The zero-order valence-corrected chi connectivity index (χ0v) is 24.6. The van der Waals surface area contributed by atoms with Crippen LogP contribution in [0.25, 0.3) is 0 Å². The van der Waals surface area contributed by atoms with Crippen LogP contribution in [0.15, 0.2) is 12.2 Å². The van der Waals surface area contributed by atoms with Gasteiger partial charge in [-0.2, -0.15) is 0 Å². The van der Waals surface area contributed by atoms with Crippen LogP contribution in [0.3, 0.4) is 0 Å². The number of hydrogen-bond acceptors (Lipinski definition) is 2. The summed E-state index contributed by atoms with van der Waals surface area (Å²) >= 11 is 0. The van der Waals surface area contributed by atoms with E-state index in [2.05, 4.69) is 26.0 Å². The van der Waals surface area contributed by atoms with E-state index in [0.29, 0.717) is 5.92 Å². The summed E-state index contributed by atoms with van der Waals surface area (Å²) in [6.45, 7) is 4.63. The van der Waals surface area contributed by atoms with Crippen molar-refractivity contribution in [2.75, 3.05) is 0 Å². The maximum absolute atomic E-state index is 12.8. The van der Waals surface area contributed by atoms with E-state index >= 15 is 0 Å². The third-order valence-electron chi connectivity index (χ3n) is 11.1. The lowest BCUT2D eigenvalue weighted by atomic mass is 9.68. The number of hydrogen-bond donors (Lipinski definition) is 0. The van der Waals surface area contributed by atoms with Gasteiger partial charge in [-0.1, -0.05) is 77.4 Å². The van der Waals surface area contributed by atoms with Crippen molar-refractivity contribution < 1.29 is 9.53 Å². The molecule has 0 saturated heterocycles. The van der Waals surface area contributed by atoms with Crippen LogP contribution in [-0.2, 0) is 9.53 Å². The van der Waals surface area contributed by atoms with Gasteiger partial charge in [-0.05, 0) is 125 Å². The van der Waals surface area contributed by atoms with Gasteiger partial charge in [0.1, 0.15) is 6.10 Å². The molecule has 4 rings (SSSR count). The molecule has 0 radical (unpaired) electrons. The lowest BCUT2D eigenvalue weighted by molar-refractivity contribution is -0.157. The van der Waals surface area contributed by atoms with Crippen molar-refractivity contribution in [2.24, 2.45) is 41.4 Å². The van der Waals surface area contributed by atoms with Gasteiger partial charge >= 0.3 is 5.97 Å². The van der Waals surface area contributed by atoms with Crippen LogP contribution >= 0.6 is 0 Å². The second-order valence-corrected chi connectivity index (χ2v) is 13.8. The summed E-state index contributed by atoms with van der Waals surface area (Å²) in [6, 6.07) is 0. The molecule has 0 spiro atoms. The van der Waals surface area contributed by atoms with Gasteiger partial charge in [0.15, 0.2) is 0 Å². The number of allylic oxidation sites excluding steroid dienone is 2. The van der Waals surface area contributed by atoms with Crippen LogP contribution in [-0.4, -0.2) is 12.1 Å². The Labute approximate surface area is 230 Å². The summed E-state index contributed by atoms with van der Waals surface area (Å²) in [4.78, 5) is 12.8. The first-order valence-corrected chi connectivity index (χ1v) is 17.0. The normalized spacial score (nSPS) is 37.5. The highest BCUT2D eigenvalue weighted by Gasteiger charge is 2.32. The quantitative estimate of drug-likeness (QED) is 0.156. The Balaban J connectivity index is 1.07. The monoisotopic (exact) mass is 512 g/mol. The summed E-state index contributed by atoms with van der Waals surface area (Å²) in [5.41, 5.74) is 0. The van der Waals surface area contributed by atoms with Gasteiger partial charge in [-0.15, -0.1) is 0 Å². The van der Waals surface area contributed by atoms with Crippen LogP contribution in [0.1, 0.15) is 155 Å². The van der Waals surface area contributed by atoms with Gasteiger partial charge < -0.3 is 4.74 Å². The SMILES string of the molecule is CCCCCC1CCC(OC(=O)C2CCC(C=CC3CCC(C4CCC(CCC)CC4)CC3)CC2)CC1. The fourth-order valence-electron chi connectivity index (χ4n) is 8.51. The first-order chi connectivity index (χ1) is 18.1. The third-order valence-corrected chi connectivity index (χ3v) is 11.1. The van der Waals surface area contributed by atoms with Gasteiger partial charge in [0.05, 0.1) is 5.92 Å². The summed E-state index contributed by atoms with van der Waals surface area (Å²) in [6.07, 6.45) is 34.6. The Morgan fingerprint density at radius 2 is 1.11 bits per heavy atom. The molecule has 0 aromatic carbocycles. The number of carbonyl (C=O) groups is 1. The Kier molecular flexibility index (Phi) is 12.4. The molecule has 0 atom stereocenters. The van der Waals surface area contributed by atoms with Crippen LogP contribution in [0.5, 0.6) is 0 Å². The van der Waals surface area contributed by atoms with Crippen LogP contribution in [0, 0.1) is 41.4 Å². The topological polar surface area (TPSA) is 26.3 Å². The molecule has 37 heavy (non-hydrogen) atoms. The van der Waals surface area contributed by atoms with Crippen molar-refractivity contribution in [2.45, 2.75) is 161 Å². The minimum absolute atomic E-state index is 0.124. The van der Waals surface area contributed by atoms with Crippen molar-refractivity contribution in [3.05, 3.63) is 12.2 Å². The molecule has 2 nitrogen and oxygen atoms in total. The molecule has 4 saturated carbocycles. The molecule has 2 heteroatoms. The van der Waals surface area contributed by atoms with E-state index in [4.69, 9.17) is 4.74 Å². The van der Waals surface area contributed by atoms with E-state index in [-0.39, 0.29) is 18.0 Å². The zero-order chi connectivity index (χ0) is 25.9. The van der Waals surface area contributed by atoms with E-state index in [1.165, 1.54) is 116 Å². The molecule has 4 aliphatic rings. The first-order valence-electron chi connectivity index (χ1n) is 17.0. The summed E-state index contributed by atoms with van der Waals surface area (Å²) in [5.74, 6) is 5.76. The smallest absolute Gasteiger partial charge is 0.309 e. The Morgan fingerprint density at radius 1 is 0.595 bits per heavy atom. The molecule has 0 aromatic rings. The maximum atomic E-state index is 12.8. The number of unbranched alkanes of at least 4 members (excludes halogenated alkanes) is 2. The molecule has 0 aliphatic heterocycles. The van der Waals surface area contributed by atoms with Crippen LogP contribution in [0.4, 0.5) is 0 Å². The largest absolute Gasteiger partial charge is 0.462 e. The van der Waals surface area contributed by atoms with Crippen molar-refractivity contribution in [1.82, 2.24) is 0 Å². The minimum Gasteiger partial charge on any atom is -0.462 e. The van der Waals surface area contributed by atoms with Gasteiger partial charge in [-0.25, -0.2) is 0 Å². The lowest BCUT2D eigenvalue weighted by Gasteiger charge is -2.37. The number of rotatable bonds is 11. The molecule has 212 valence electrons. The van der Waals surface area contributed by atoms with E-state index in [1.54, 1.807) is 0 Å². The van der Waals surface area contributed by atoms with Crippen LogP contribution < -0.4 is 0 Å². The van der Waals surface area contributed by atoms with E-state index in [0.717, 1.165) is 55.3 Å². The predicted molar refractivity (Wildman–Crippen MR) is 156 cm³/mol. The summed E-state index contributed by atoms with van der Waals surface area (Å²) in [7, 11) is 0. The molecule has 0 unspecified atom stereocenters. The second kappa shape index (κ2) is 15.7. The van der Waals surface area contributed by atoms with Crippen LogP contribution in [0.2, 0.25) is 0 Å². The number of ether oxygens (including phenoxy) is 1. The number of carbonyl (C=O) groups excluding carboxylic acids is 1. The fourth-order valence-corrected chi connectivity index (χ4v) is 8.51. The van der Waals surface area contributed by atoms with Gasteiger partial charge in [0.25, 0.3) is 0 Å². The predicted octanol–water partition coefficient (Wildman–Crippen LogP) is 10.4.